The molecule has 1 unspecified atom stereocenters. The molecule has 0 aliphatic heterocycles. The minimum Gasteiger partial charge on any atom is -0.330 e. The Bertz CT molecular complexity index is 377. The Balaban J connectivity index is 0. The van der Waals surface area contributed by atoms with E-state index < -0.39 is 14.1 Å². The maximum Gasteiger partial charge on any atom is 0.471 e. The minimum absolute atomic E-state index is 0.216. The van der Waals surface area contributed by atoms with E-state index in [1.165, 1.54) is 51.4 Å². The van der Waals surface area contributed by atoms with Gasteiger partial charge in [-0.15, -0.1) is 0 Å². The molecular formula is C19H43N2O5P. The Labute approximate surface area is 166 Å². The zero-order valence-corrected chi connectivity index (χ0v) is 18.7. The summed E-state index contributed by atoms with van der Waals surface area (Å²) in [6, 6.07) is 0. The smallest absolute Gasteiger partial charge is 0.330 e. The van der Waals surface area contributed by atoms with Gasteiger partial charge in [-0.1, -0.05) is 78.1 Å². The zero-order valence-electron chi connectivity index (χ0n) is 17.8. The van der Waals surface area contributed by atoms with E-state index >= 15 is 0 Å². The Morgan fingerprint density at radius 1 is 0.889 bits per heavy atom. The number of nitrogens with one attached hydrogen (secondary N) is 2. The van der Waals surface area contributed by atoms with Crippen LogP contribution in [-0.2, 0) is 13.9 Å². The number of hydrogen-bond donors (Lipinski definition) is 4. The Morgan fingerprint density at radius 3 is 1.67 bits per heavy atom. The lowest BCUT2D eigenvalue weighted by Crippen LogP contribution is -2.35. The van der Waals surface area contributed by atoms with Gasteiger partial charge in [-0.25, -0.2) is 4.57 Å². The van der Waals surface area contributed by atoms with Crippen molar-refractivity contribution in [1.29, 1.82) is 0 Å². The van der Waals surface area contributed by atoms with Crippen molar-refractivity contribution < 1.29 is 23.7 Å². The summed E-state index contributed by atoms with van der Waals surface area (Å²) in [5.41, 5.74) is 0. The van der Waals surface area contributed by atoms with Crippen molar-refractivity contribution in [2.45, 2.75) is 104 Å². The molecule has 1 atom stereocenters. The number of carbonyl (C=O) groups excluding carboxylic acids is 1. The molecule has 0 saturated heterocycles. The first kappa shape index (κ1) is 28.7. The fourth-order valence-corrected chi connectivity index (χ4v) is 3.10. The number of amides is 1. The monoisotopic (exact) mass is 410 g/mol. The van der Waals surface area contributed by atoms with Crippen LogP contribution in [0.3, 0.4) is 0 Å². The molecule has 0 aromatic heterocycles. The topological polar surface area (TPSA) is 108 Å². The highest BCUT2D eigenvalue weighted by Crippen LogP contribution is 2.37. The number of hydrogen-bond acceptors (Lipinski definition) is 4. The lowest BCUT2D eigenvalue weighted by molar-refractivity contribution is -0.123. The van der Waals surface area contributed by atoms with Gasteiger partial charge >= 0.3 is 7.82 Å². The molecule has 0 radical (unpaired) electrons. The SMILES string of the molecule is CCCCCCCCCCCCCC(=O)NC(CC)OP(=O)(O)O.CNC. The van der Waals surface area contributed by atoms with Gasteiger partial charge in [0.15, 0.2) is 0 Å². The molecule has 0 aromatic carbocycles. The summed E-state index contributed by atoms with van der Waals surface area (Å²) in [5.74, 6) is -0.216. The summed E-state index contributed by atoms with van der Waals surface area (Å²) in [7, 11) is -0.816. The third kappa shape index (κ3) is 25.5. The quantitative estimate of drug-likeness (QED) is 0.170. The lowest BCUT2D eigenvalue weighted by atomic mass is 10.1. The summed E-state index contributed by atoms with van der Waals surface area (Å²) in [4.78, 5) is 29.2. The van der Waals surface area contributed by atoms with Gasteiger partial charge in [-0.05, 0) is 26.9 Å². The standard InChI is InChI=1S/C17H36NO5P.C2H7N/c1-3-5-6-7-8-9-10-11-12-13-14-15-16(19)18-17(4-2)23-24(20,21)22;1-3-2/h17H,3-15H2,1-2H3,(H,18,19)(H2,20,21,22);3H,1-2H3. The molecule has 0 aromatic rings. The first-order chi connectivity index (χ1) is 12.8. The summed E-state index contributed by atoms with van der Waals surface area (Å²) >= 11 is 0. The van der Waals surface area contributed by atoms with Crippen molar-refractivity contribution in [3.63, 3.8) is 0 Å². The molecular weight excluding hydrogens is 367 g/mol. The molecule has 164 valence electrons. The van der Waals surface area contributed by atoms with Crippen molar-refractivity contribution in [3.8, 4) is 0 Å². The molecule has 0 aliphatic carbocycles. The van der Waals surface area contributed by atoms with Crippen LogP contribution in [0.5, 0.6) is 0 Å². The third-order valence-electron chi connectivity index (χ3n) is 3.96. The van der Waals surface area contributed by atoms with Crippen molar-refractivity contribution >= 4 is 13.7 Å². The fraction of sp³-hybridized carbons (Fsp3) is 0.947. The number of carbonyl (C=O) groups is 1. The van der Waals surface area contributed by atoms with Crippen LogP contribution in [0.2, 0.25) is 0 Å². The fourth-order valence-electron chi connectivity index (χ4n) is 2.57. The maximum absolute atomic E-state index is 11.7. The normalized spacial score (nSPS) is 12.2. The Kier molecular flexibility index (Phi) is 21.6. The molecule has 0 bridgehead atoms. The average molecular weight is 411 g/mol. The van der Waals surface area contributed by atoms with E-state index in [-0.39, 0.29) is 5.91 Å². The van der Waals surface area contributed by atoms with Crippen molar-refractivity contribution in [1.82, 2.24) is 10.6 Å². The molecule has 4 N–H and O–H groups in total. The van der Waals surface area contributed by atoms with E-state index in [9.17, 15) is 9.36 Å². The molecule has 0 saturated carbocycles. The number of phosphoric acid groups is 1. The maximum atomic E-state index is 11.7. The Morgan fingerprint density at radius 2 is 1.30 bits per heavy atom. The molecule has 0 aliphatic rings. The van der Waals surface area contributed by atoms with Gasteiger partial charge in [-0.2, -0.15) is 0 Å². The number of phosphoric ester groups is 1. The largest absolute Gasteiger partial charge is 0.471 e. The van der Waals surface area contributed by atoms with Gasteiger partial charge in [0.2, 0.25) is 5.91 Å². The van der Waals surface area contributed by atoms with Gasteiger partial charge in [0.1, 0.15) is 6.23 Å². The van der Waals surface area contributed by atoms with Gasteiger partial charge < -0.3 is 20.4 Å². The van der Waals surface area contributed by atoms with Crippen molar-refractivity contribution in [3.05, 3.63) is 0 Å². The van der Waals surface area contributed by atoms with Crippen LogP contribution in [0.4, 0.5) is 0 Å². The van der Waals surface area contributed by atoms with E-state index in [1.807, 2.05) is 14.1 Å². The molecule has 0 spiro atoms. The minimum atomic E-state index is -4.57. The summed E-state index contributed by atoms with van der Waals surface area (Å²) in [6.07, 6.45) is 13.2. The van der Waals surface area contributed by atoms with Gasteiger partial charge in [0.25, 0.3) is 0 Å². The molecule has 1 amide bonds. The molecule has 0 heterocycles. The summed E-state index contributed by atoms with van der Waals surface area (Å²) in [6.45, 7) is 3.93. The van der Waals surface area contributed by atoms with Crippen LogP contribution < -0.4 is 10.6 Å². The van der Waals surface area contributed by atoms with Crippen LogP contribution in [-0.4, -0.2) is 36.0 Å². The van der Waals surface area contributed by atoms with Crippen LogP contribution in [0.25, 0.3) is 0 Å². The van der Waals surface area contributed by atoms with Crippen molar-refractivity contribution in [2.24, 2.45) is 0 Å². The molecule has 0 rings (SSSR count). The third-order valence-corrected chi connectivity index (χ3v) is 4.49. The van der Waals surface area contributed by atoms with Crippen LogP contribution in [0, 0.1) is 0 Å². The van der Waals surface area contributed by atoms with E-state index in [4.69, 9.17) is 9.79 Å². The summed E-state index contributed by atoms with van der Waals surface area (Å²) in [5, 5.41) is 5.26. The number of unbranched alkanes of at least 4 members (excludes halogenated alkanes) is 10. The van der Waals surface area contributed by atoms with E-state index in [1.54, 1.807) is 6.92 Å². The zero-order chi connectivity index (χ0) is 21.0. The molecule has 0 fully saturated rings. The molecule has 7 nitrogen and oxygen atoms in total. The van der Waals surface area contributed by atoms with Crippen LogP contribution in [0.15, 0.2) is 0 Å². The lowest BCUT2D eigenvalue weighted by Gasteiger charge is -2.17. The van der Waals surface area contributed by atoms with Crippen LogP contribution >= 0.6 is 7.82 Å². The second-order valence-electron chi connectivity index (χ2n) is 6.85. The molecule has 8 heteroatoms. The highest BCUT2D eigenvalue weighted by atomic mass is 31.2. The van der Waals surface area contributed by atoms with Crippen LogP contribution in [0.1, 0.15) is 97.3 Å². The summed E-state index contributed by atoms with van der Waals surface area (Å²) < 4.78 is 15.3. The highest BCUT2D eigenvalue weighted by Gasteiger charge is 2.21. The predicted octanol–water partition coefficient (Wildman–Crippen LogP) is 4.48. The first-order valence-electron chi connectivity index (χ1n) is 10.4. The first-order valence-corrected chi connectivity index (χ1v) is 11.9. The second-order valence-corrected chi connectivity index (χ2v) is 8.04. The predicted molar refractivity (Wildman–Crippen MR) is 111 cm³/mol. The van der Waals surface area contributed by atoms with Crippen molar-refractivity contribution in [2.75, 3.05) is 14.1 Å². The van der Waals surface area contributed by atoms with Gasteiger partial charge in [-0.3, -0.25) is 9.32 Å². The molecule has 27 heavy (non-hydrogen) atoms. The van der Waals surface area contributed by atoms with E-state index in [0.717, 1.165) is 19.3 Å². The highest BCUT2D eigenvalue weighted by molar-refractivity contribution is 7.46. The van der Waals surface area contributed by atoms with Gasteiger partial charge in [0, 0.05) is 6.42 Å². The van der Waals surface area contributed by atoms with E-state index in [0.29, 0.717) is 12.8 Å². The average Bonchev–Trinajstić information content (AvgIpc) is 2.58. The number of rotatable bonds is 16. The van der Waals surface area contributed by atoms with E-state index in [2.05, 4.69) is 22.1 Å². The second kappa shape index (κ2) is 20.3. The van der Waals surface area contributed by atoms with Gasteiger partial charge in [0.05, 0.1) is 0 Å². The Hall–Kier alpha value is -0.460.